The van der Waals surface area contributed by atoms with Crippen LogP contribution in [0, 0.1) is 0 Å². The van der Waals surface area contributed by atoms with Crippen LogP contribution in [0.15, 0.2) is 12.1 Å². The Labute approximate surface area is 94.0 Å². The monoisotopic (exact) mass is 233 g/mol. The molecule has 0 aromatic heterocycles. The standard InChI is InChI=1S/C10H13Cl2NO/c1-14-4-2-3-7-5-8(11)9(12)6-10(7)13/h5-6H,2-4,13H2,1H3. The number of anilines is 1. The molecule has 0 saturated heterocycles. The van der Waals surface area contributed by atoms with Crippen LogP contribution < -0.4 is 5.73 Å². The minimum atomic E-state index is 0.500. The Morgan fingerprint density at radius 2 is 1.93 bits per heavy atom. The van der Waals surface area contributed by atoms with E-state index in [1.165, 1.54) is 0 Å². The van der Waals surface area contributed by atoms with Crippen molar-refractivity contribution in [3.63, 3.8) is 0 Å². The zero-order chi connectivity index (χ0) is 10.6. The molecule has 0 spiro atoms. The molecule has 0 aliphatic heterocycles. The average Bonchev–Trinajstić information content (AvgIpc) is 2.14. The van der Waals surface area contributed by atoms with E-state index >= 15 is 0 Å². The van der Waals surface area contributed by atoms with Crippen LogP contribution in [0.2, 0.25) is 10.0 Å². The van der Waals surface area contributed by atoms with Gasteiger partial charge in [0.1, 0.15) is 0 Å². The molecule has 0 heterocycles. The average molecular weight is 234 g/mol. The van der Waals surface area contributed by atoms with E-state index in [0.717, 1.165) is 25.0 Å². The van der Waals surface area contributed by atoms with E-state index in [1.807, 2.05) is 6.07 Å². The third-order valence-electron chi connectivity index (χ3n) is 1.98. The molecule has 0 amide bonds. The molecule has 78 valence electrons. The fraction of sp³-hybridized carbons (Fsp3) is 0.400. The number of nitrogens with two attached hydrogens (primary N) is 1. The Hall–Kier alpha value is -0.440. The van der Waals surface area contributed by atoms with Gasteiger partial charge in [0.2, 0.25) is 0 Å². The maximum absolute atomic E-state index is 5.88. The molecule has 0 aliphatic carbocycles. The van der Waals surface area contributed by atoms with Gasteiger partial charge in [-0.05, 0) is 30.5 Å². The summed E-state index contributed by atoms with van der Waals surface area (Å²) in [5, 5.41) is 1.05. The van der Waals surface area contributed by atoms with Crippen LogP contribution in [0.3, 0.4) is 0 Å². The number of hydrogen-bond acceptors (Lipinski definition) is 2. The molecule has 0 aliphatic rings. The molecule has 0 bridgehead atoms. The summed E-state index contributed by atoms with van der Waals surface area (Å²) in [5.74, 6) is 0. The van der Waals surface area contributed by atoms with Crippen LogP contribution in [0.1, 0.15) is 12.0 Å². The minimum Gasteiger partial charge on any atom is -0.398 e. The molecule has 2 N–H and O–H groups in total. The molecule has 0 atom stereocenters. The van der Waals surface area contributed by atoms with Gasteiger partial charge in [-0.3, -0.25) is 0 Å². The summed E-state index contributed by atoms with van der Waals surface area (Å²) in [6.07, 6.45) is 1.79. The Bertz CT molecular complexity index is 315. The molecule has 0 fully saturated rings. The number of halogens is 2. The maximum atomic E-state index is 5.88. The zero-order valence-corrected chi connectivity index (χ0v) is 9.53. The third-order valence-corrected chi connectivity index (χ3v) is 2.70. The van der Waals surface area contributed by atoms with Crippen molar-refractivity contribution >= 4 is 28.9 Å². The first kappa shape index (κ1) is 11.6. The molecular formula is C10H13Cl2NO. The van der Waals surface area contributed by atoms with Crippen LogP contribution in [0.4, 0.5) is 5.69 Å². The zero-order valence-electron chi connectivity index (χ0n) is 8.02. The summed E-state index contributed by atoms with van der Waals surface area (Å²) in [5.41, 5.74) is 7.50. The molecule has 1 aromatic carbocycles. The number of ether oxygens (including phenoxy) is 1. The normalized spacial score (nSPS) is 10.5. The van der Waals surface area contributed by atoms with Gasteiger partial charge in [0.25, 0.3) is 0 Å². The van der Waals surface area contributed by atoms with E-state index < -0.39 is 0 Å². The second kappa shape index (κ2) is 5.44. The van der Waals surface area contributed by atoms with E-state index in [1.54, 1.807) is 13.2 Å². The minimum absolute atomic E-state index is 0.500. The van der Waals surface area contributed by atoms with Gasteiger partial charge in [0, 0.05) is 19.4 Å². The lowest BCUT2D eigenvalue weighted by molar-refractivity contribution is 0.195. The number of hydrogen-bond donors (Lipinski definition) is 1. The summed E-state index contributed by atoms with van der Waals surface area (Å²) in [4.78, 5) is 0. The van der Waals surface area contributed by atoms with E-state index in [4.69, 9.17) is 33.7 Å². The highest BCUT2D eigenvalue weighted by molar-refractivity contribution is 6.42. The van der Waals surface area contributed by atoms with E-state index in [9.17, 15) is 0 Å². The Morgan fingerprint density at radius 1 is 1.29 bits per heavy atom. The van der Waals surface area contributed by atoms with E-state index in [0.29, 0.717) is 15.7 Å². The smallest absolute Gasteiger partial charge is 0.0612 e. The first-order valence-electron chi connectivity index (χ1n) is 4.37. The van der Waals surface area contributed by atoms with Gasteiger partial charge in [-0.2, -0.15) is 0 Å². The van der Waals surface area contributed by atoms with Gasteiger partial charge < -0.3 is 10.5 Å². The molecule has 0 unspecified atom stereocenters. The second-order valence-electron chi connectivity index (χ2n) is 3.06. The summed E-state index contributed by atoms with van der Waals surface area (Å²) < 4.78 is 4.96. The van der Waals surface area contributed by atoms with Crippen molar-refractivity contribution in [1.82, 2.24) is 0 Å². The van der Waals surface area contributed by atoms with Crippen molar-refractivity contribution in [2.75, 3.05) is 19.5 Å². The highest BCUT2D eigenvalue weighted by Crippen LogP contribution is 2.27. The van der Waals surface area contributed by atoms with Crippen LogP contribution in [-0.2, 0) is 11.2 Å². The largest absolute Gasteiger partial charge is 0.398 e. The summed E-state index contributed by atoms with van der Waals surface area (Å²) in [6.45, 7) is 0.722. The predicted octanol–water partition coefficient (Wildman–Crippen LogP) is 3.15. The van der Waals surface area contributed by atoms with Gasteiger partial charge in [-0.15, -0.1) is 0 Å². The Kier molecular flexibility index (Phi) is 4.52. The maximum Gasteiger partial charge on any atom is 0.0612 e. The molecule has 14 heavy (non-hydrogen) atoms. The lowest BCUT2D eigenvalue weighted by Crippen LogP contribution is -1.97. The predicted molar refractivity (Wildman–Crippen MR) is 61.1 cm³/mol. The molecule has 1 rings (SSSR count). The quantitative estimate of drug-likeness (QED) is 0.641. The first-order valence-corrected chi connectivity index (χ1v) is 5.13. The van der Waals surface area contributed by atoms with Gasteiger partial charge in [0.15, 0.2) is 0 Å². The highest BCUT2D eigenvalue weighted by Gasteiger charge is 2.04. The van der Waals surface area contributed by atoms with Gasteiger partial charge in [0.05, 0.1) is 10.0 Å². The van der Waals surface area contributed by atoms with Crippen molar-refractivity contribution in [3.05, 3.63) is 27.7 Å². The van der Waals surface area contributed by atoms with Crippen molar-refractivity contribution in [2.24, 2.45) is 0 Å². The van der Waals surface area contributed by atoms with Crippen molar-refractivity contribution in [3.8, 4) is 0 Å². The fourth-order valence-electron chi connectivity index (χ4n) is 1.23. The molecule has 0 radical (unpaired) electrons. The van der Waals surface area contributed by atoms with Crippen LogP contribution >= 0.6 is 23.2 Å². The van der Waals surface area contributed by atoms with Crippen LogP contribution in [-0.4, -0.2) is 13.7 Å². The van der Waals surface area contributed by atoms with E-state index in [2.05, 4.69) is 0 Å². The van der Waals surface area contributed by atoms with Crippen LogP contribution in [0.25, 0.3) is 0 Å². The lowest BCUT2D eigenvalue weighted by Gasteiger charge is -2.07. The number of rotatable bonds is 4. The number of aryl methyl sites for hydroxylation is 1. The lowest BCUT2D eigenvalue weighted by atomic mass is 10.1. The topological polar surface area (TPSA) is 35.2 Å². The third kappa shape index (κ3) is 3.05. The molecule has 2 nitrogen and oxygen atoms in total. The molecular weight excluding hydrogens is 221 g/mol. The molecule has 4 heteroatoms. The Morgan fingerprint density at radius 3 is 2.57 bits per heavy atom. The van der Waals surface area contributed by atoms with Gasteiger partial charge >= 0.3 is 0 Å². The van der Waals surface area contributed by atoms with Crippen molar-refractivity contribution in [1.29, 1.82) is 0 Å². The van der Waals surface area contributed by atoms with Crippen molar-refractivity contribution in [2.45, 2.75) is 12.8 Å². The molecule has 0 saturated carbocycles. The summed E-state index contributed by atoms with van der Waals surface area (Å²) in [6, 6.07) is 3.50. The summed E-state index contributed by atoms with van der Waals surface area (Å²) in [7, 11) is 1.68. The number of benzene rings is 1. The number of nitrogen functional groups attached to an aromatic ring is 1. The first-order chi connectivity index (χ1) is 6.65. The fourth-order valence-corrected chi connectivity index (χ4v) is 1.59. The van der Waals surface area contributed by atoms with Crippen molar-refractivity contribution < 1.29 is 4.74 Å². The van der Waals surface area contributed by atoms with E-state index in [-0.39, 0.29) is 0 Å². The Balaban J connectivity index is 2.72. The second-order valence-corrected chi connectivity index (χ2v) is 3.88. The van der Waals surface area contributed by atoms with Gasteiger partial charge in [-0.25, -0.2) is 0 Å². The highest BCUT2D eigenvalue weighted by atomic mass is 35.5. The summed E-state index contributed by atoms with van der Waals surface area (Å²) >= 11 is 11.7. The van der Waals surface area contributed by atoms with Crippen LogP contribution in [0.5, 0.6) is 0 Å². The SMILES string of the molecule is COCCCc1cc(Cl)c(Cl)cc1N. The number of methoxy groups -OCH3 is 1. The molecule has 1 aromatic rings. The van der Waals surface area contributed by atoms with Gasteiger partial charge in [-0.1, -0.05) is 23.2 Å².